The molecule has 0 saturated heterocycles. The van der Waals surface area contributed by atoms with Gasteiger partial charge < -0.3 is 19.9 Å². The Balaban J connectivity index is 3.05. The van der Waals surface area contributed by atoms with Crippen molar-refractivity contribution >= 4 is 12.1 Å². The SMILES string of the molecule is CC(C)(C)OC(=O)N[C@](C)(Cc1ccc(O)cc1)C(=O)OC(C)(C)C. The van der Waals surface area contributed by atoms with Gasteiger partial charge in [-0.1, -0.05) is 12.1 Å². The van der Waals surface area contributed by atoms with Crippen LogP contribution in [0.1, 0.15) is 54.0 Å². The van der Waals surface area contributed by atoms with Crippen molar-refractivity contribution < 1.29 is 24.2 Å². The van der Waals surface area contributed by atoms with E-state index in [0.717, 1.165) is 5.56 Å². The van der Waals surface area contributed by atoms with Crippen LogP contribution in [0.3, 0.4) is 0 Å². The van der Waals surface area contributed by atoms with Crippen molar-refractivity contribution in [3.63, 3.8) is 0 Å². The first-order chi connectivity index (χ1) is 11.2. The number of phenolic OH excluding ortho intramolecular Hbond substituents is 1. The van der Waals surface area contributed by atoms with E-state index in [2.05, 4.69) is 5.32 Å². The van der Waals surface area contributed by atoms with E-state index in [1.165, 1.54) is 12.1 Å². The fourth-order valence-corrected chi connectivity index (χ4v) is 2.11. The van der Waals surface area contributed by atoms with E-state index in [4.69, 9.17) is 9.47 Å². The first-order valence-corrected chi connectivity index (χ1v) is 8.23. The molecular weight excluding hydrogens is 322 g/mol. The molecule has 1 aromatic carbocycles. The van der Waals surface area contributed by atoms with Crippen molar-refractivity contribution in [3.05, 3.63) is 29.8 Å². The van der Waals surface area contributed by atoms with Gasteiger partial charge in [0, 0.05) is 6.42 Å². The van der Waals surface area contributed by atoms with Crippen molar-refractivity contribution in [2.75, 3.05) is 0 Å². The number of hydrogen-bond donors (Lipinski definition) is 2. The molecule has 0 radical (unpaired) electrons. The van der Waals surface area contributed by atoms with Crippen molar-refractivity contribution in [1.82, 2.24) is 5.32 Å². The smallest absolute Gasteiger partial charge is 0.408 e. The van der Waals surface area contributed by atoms with Gasteiger partial charge in [0.1, 0.15) is 22.5 Å². The molecule has 0 aliphatic rings. The van der Waals surface area contributed by atoms with Gasteiger partial charge >= 0.3 is 12.1 Å². The first-order valence-electron chi connectivity index (χ1n) is 8.23. The molecule has 140 valence electrons. The third-order valence-corrected chi connectivity index (χ3v) is 3.12. The Morgan fingerprint density at radius 3 is 1.84 bits per heavy atom. The Kier molecular flexibility index (Phi) is 6.10. The number of ether oxygens (including phenoxy) is 2. The summed E-state index contributed by atoms with van der Waals surface area (Å²) in [5.41, 5.74) is -1.92. The number of nitrogens with one attached hydrogen (secondary N) is 1. The van der Waals surface area contributed by atoms with Gasteiger partial charge in [-0.15, -0.1) is 0 Å². The monoisotopic (exact) mass is 351 g/mol. The summed E-state index contributed by atoms with van der Waals surface area (Å²) in [7, 11) is 0. The van der Waals surface area contributed by atoms with Crippen LogP contribution in [0.4, 0.5) is 4.79 Å². The highest BCUT2D eigenvalue weighted by Crippen LogP contribution is 2.21. The number of phenols is 1. The summed E-state index contributed by atoms with van der Waals surface area (Å²) in [6, 6.07) is 6.43. The molecule has 0 heterocycles. The molecule has 0 saturated carbocycles. The summed E-state index contributed by atoms with van der Waals surface area (Å²) in [6.45, 7) is 12.1. The Labute approximate surface area is 149 Å². The van der Waals surface area contributed by atoms with Crippen LogP contribution < -0.4 is 5.32 Å². The van der Waals surface area contributed by atoms with Gasteiger partial charge in [0.2, 0.25) is 0 Å². The molecule has 1 amide bonds. The predicted molar refractivity (Wildman–Crippen MR) is 95.4 cm³/mol. The number of carbonyl (C=O) groups excluding carboxylic acids is 2. The molecule has 1 rings (SSSR count). The summed E-state index contributed by atoms with van der Waals surface area (Å²) in [5.74, 6) is -0.429. The van der Waals surface area contributed by atoms with Crippen LogP contribution in [0.5, 0.6) is 5.75 Å². The highest BCUT2D eigenvalue weighted by atomic mass is 16.6. The second-order valence-electron chi connectivity index (χ2n) is 8.30. The molecule has 25 heavy (non-hydrogen) atoms. The Hall–Kier alpha value is -2.24. The Morgan fingerprint density at radius 1 is 0.920 bits per heavy atom. The van der Waals surface area contributed by atoms with Crippen molar-refractivity contribution in [2.45, 2.75) is 71.6 Å². The first kappa shape index (κ1) is 20.8. The van der Waals surface area contributed by atoms with Gasteiger partial charge in [-0.25, -0.2) is 9.59 Å². The molecule has 6 heteroatoms. The molecule has 2 N–H and O–H groups in total. The quantitative estimate of drug-likeness (QED) is 0.810. The number of alkyl carbamates (subject to hydrolysis) is 1. The van der Waals surface area contributed by atoms with Crippen molar-refractivity contribution in [3.8, 4) is 5.75 Å². The second-order valence-corrected chi connectivity index (χ2v) is 8.30. The third-order valence-electron chi connectivity index (χ3n) is 3.12. The molecule has 1 aromatic rings. The normalized spacial score (nSPS) is 14.4. The van der Waals surface area contributed by atoms with Crippen LogP contribution in [0.2, 0.25) is 0 Å². The molecule has 6 nitrogen and oxygen atoms in total. The Bertz CT molecular complexity index is 610. The third kappa shape index (κ3) is 7.45. The largest absolute Gasteiger partial charge is 0.508 e. The number of benzene rings is 1. The Morgan fingerprint density at radius 2 is 1.40 bits per heavy atom. The molecule has 0 aromatic heterocycles. The molecular formula is C19H29NO5. The maximum atomic E-state index is 12.7. The zero-order valence-electron chi connectivity index (χ0n) is 16.1. The fraction of sp³-hybridized carbons (Fsp3) is 0.579. The molecule has 0 fully saturated rings. The number of carbonyl (C=O) groups is 2. The lowest BCUT2D eigenvalue weighted by atomic mass is 9.92. The summed E-state index contributed by atoms with van der Waals surface area (Å²) >= 11 is 0. The highest BCUT2D eigenvalue weighted by Gasteiger charge is 2.40. The van der Waals surface area contributed by atoms with E-state index in [9.17, 15) is 14.7 Å². The van der Waals surface area contributed by atoms with Crippen LogP contribution >= 0.6 is 0 Å². The van der Waals surface area contributed by atoms with Gasteiger partial charge in [0.15, 0.2) is 0 Å². The number of rotatable bonds is 4. The average Bonchev–Trinajstić information content (AvgIpc) is 2.37. The predicted octanol–water partition coefficient (Wildman–Crippen LogP) is 3.56. The number of esters is 1. The molecule has 0 aliphatic heterocycles. The summed E-state index contributed by atoms with van der Waals surface area (Å²) in [4.78, 5) is 24.9. The van der Waals surface area contributed by atoms with Gasteiger partial charge in [0.25, 0.3) is 0 Å². The summed E-state index contributed by atoms with van der Waals surface area (Å²) in [5, 5.41) is 12.0. The molecule has 1 atom stereocenters. The minimum absolute atomic E-state index is 0.128. The van der Waals surface area contributed by atoms with Crippen LogP contribution in [0.15, 0.2) is 24.3 Å². The van der Waals surface area contributed by atoms with Crippen molar-refractivity contribution in [2.24, 2.45) is 0 Å². The molecule has 0 spiro atoms. The van der Waals surface area contributed by atoms with Crippen LogP contribution in [-0.2, 0) is 20.7 Å². The molecule has 0 unspecified atom stereocenters. The zero-order chi connectivity index (χ0) is 19.5. The molecule has 0 bridgehead atoms. The van der Waals surface area contributed by atoms with Gasteiger partial charge in [-0.2, -0.15) is 0 Å². The van der Waals surface area contributed by atoms with Crippen molar-refractivity contribution in [1.29, 1.82) is 0 Å². The van der Waals surface area contributed by atoms with Gasteiger partial charge in [0.05, 0.1) is 0 Å². The number of amides is 1. The maximum absolute atomic E-state index is 12.7. The lowest BCUT2D eigenvalue weighted by Gasteiger charge is -2.33. The van der Waals surface area contributed by atoms with Crippen LogP contribution in [0.25, 0.3) is 0 Å². The number of hydrogen-bond acceptors (Lipinski definition) is 5. The maximum Gasteiger partial charge on any atom is 0.408 e. The zero-order valence-corrected chi connectivity index (χ0v) is 16.1. The lowest BCUT2D eigenvalue weighted by Crippen LogP contribution is -2.56. The van der Waals surface area contributed by atoms with Crippen LogP contribution in [0, 0.1) is 0 Å². The topological polar surface area (TPSA) is 84.9 Å². The fourth-order valence-electron chi connectivity index (χ4n) is 2.11. The van der Waals surface area contributed by atoms with Gasteiger partial charge in [-0.3, -0.25) is 0 Å². The summed E-state index contributed by atoms with van der Waals surface area (Å²) in [6.07, 6.45) is -0.499. The van der Waals surface area contributed by atoms with Gasteiger partial charge in [-0.05, 0) is 66.2 Å². The minimum Gasteiger partial charge on any atom is -0.508 e. The van der Waals surface area contributed by atoms with E-state index < -0.39 is 28.8 Å². The van der Waals surface area contributed by atoms with E-state index in [1.807, 2.05) is 0 Å². The number of aromatic hydroxyl groups is 1. The van der Waals surface area contributed by atoms with E-state index >= 15 is 0 Å². The van der Waals surface area contributed by atoms with Crippen LogP contribution in [-0.4, -0.2) is 33.9 Å². The van der Waals surface area contributed by atoms with E-state index in [0.29, 0.717) is 0 Å². The molecule has 0 aliphatic carbocycles. The standard InChI is InChI=1S/C19H29NO5/c1-17(2,3)24-15(22)19(7,20-16(23)25-18(4,5)6)12-13-8-10-14(21)11-9-13/h8-11,21H,12H2,1-7H3,(H,20,23)/t19-/m1/s1. The minimum atomic E-state index is -1.31. The summed E-state index contributed by atoms with van der Waals surface area (Å²) < 4.78 is 10.7. The average molecular weight is 351 g/mol. The highest BCUT2D eigenvalue weighted by molar-refractivity contribution is 5.86. The lowest BCUT2D eigenvalue weighted by molar-refractivity contribution is -0.162. The van der Waals surface area contributed by atoms with E-state index in [1.54, 1.807) is 60.6 Å². The second kappa shape index (κ2) is 7.33. The van der Waals surface area contributed by atoms with E-state index in [-0.39, 0.29) is 12.2 Å².